The van der Waals surface area contributed by atoms with Crippen molar-refractivity contribution in [2.45, 2.75) is 50.1 Å². The predicted octanol–water partition coefficient (Wildman–Crippen LogP) is 0.949. The van der Waals surface area contributed by atoms with Crippen molar-refractivity contribution in [1.82, 2.24) is 29.7 Å². The summed E-state index contributed by atoms with van der Waals surface area (Å²) in [5.41, 5.74) is 0.319. The lowest BCUT2D eigenvalue weighted by atomic mass is 9.77. The summed E-state index contributed by atoms with van der Waals surface area (Å²) in [6.45, 7) is 1.46. The predicted molar refractivity (Wildman–Crippen MR) is 141 cm³/mol. The SMILES string of the molecule is CN1CC=C[C@@H]2O[C@]34C=CCN(Cn5nnc6ccccc65)C(=O)C3N(CCCCCCO)C(=O)[C@@H]4[C@@H]2C1=O. The summed E-state index contributed by atoms with van der Waals surface area (Å²) < 4.78 is 8.32. The van der Waals surface area contributed by atoms with Crippen LogP contribution in [0.4, 0.5) is 0 Å². The minimum atomic E-state index is -1.23. The smallest absolute Gasteiger partial charge is 0.250 e. The maximum atomic E-state index is 14.3. The van der Waals surface area contributed by atoms with Crippen molar-refractivity contribution >= 4 is 28.8 Å². The third-order valence-corrected chi connectivity index (χ3v) is 8.48. The van der Waals surface area contributed by atoms with E-state index >= 15 is 0 Å². The number of likely N-dealkylation sites (N-methyl/N-ethyl adjacent to an activating group) is 1. The van der Waals surface area contributed by atoms with E-state index in [4.69, 9.17) is 9.84 Å². The lowest BCUT2D eigenvalue weighted by Gasteiger charge is -2.35. The number of likely N-dealkylation sites (tertiary alicyclic amines) is 1. The molecule has 2 aromatic rings. The van der Waals surface area contributed by atoms with Crippen LogP contribution in [0.5, 0.6) is 0 Å². The van der Waals surface area contributed by atoms with Gasteiger partial charge in [0, 0.05) is 33.3 Å². The molecule has 1 unspecified atom stereocenters. The Morgan fingerprint density at radius 2 is 1.85 bits per heavy atom. The van der Waals surface area contributed by atoms with E-state index in [1.165, 1.54) is 0 Å². The fourth-order valence-corrected chi connectivity index (χ4v) is 6.61. The number of carbonyl (C=O) groups excluding carboxylic acids is 3. The monoisotopic (exact) mass is 534 g/mol. The third-order valence-electron chi connectivity index (χ3n) is 8.48. The number of hydrogen-bond donors (Lipinski definition) is 1. The van der Waals surface area contributed by atoms with E-state index in [1.54, 1.807) is 26.4 Å². The number of fused-ring (bicyclic) bond motifs is 3. The van der Waals surface area contributed by atoms with Crippen LogP contribution in [0.1, 0.15) is 25.7 Å². The highest BCUT2D eigenvalue weighted by Gasteiger charge is 2.71. The second-order valence-electron chi connectivity index (χ2n) is 10.8. The van der Waals surface area contributed by atoms with Crippen LogP contribution in [-0.2, 0) is 25.8 Å². The number of aromatic nitrogens is 3. The van der Waals surface area contributed by atoms with Gasteiger partial charge in [0.25, 0.3) is 5.91 Å². The van der Waals surface area contributed by atoms with Crippen molar-refractivity contribution in [2.75, 3.05) is 33.3 Å². The molecule has 1 aromatic heterocycles. The molecule has 1 N–H and O–H groups in total. The molecule has 206 valence electrons. The molecule has 39 heavy (non-hydrogen) atoms. The molecule has 1 aromatic carbocycles. The fraction of sp³-hybridized carbons (Fsp3) is 0.536. The van der Waals surface area contributed by atoms with E-state index in [9.17, 15) is 14.4 Å². The number of ether oxygens (including phenoxy) is 1. The van der Waals surface area contributed by atoms with Gasteiger partial charge in [-0.15, -0.1) is 5.10 Å². The van der Waals surface area contributed by atoms with E-state index < -0.39 is 29.6 Å². The number of amides is 3. The Kier molecular flexibility index (Phi) is 6.72. The molecule has 11 heteroatoms. The Bertz CT molecular complexity index is 1340. The first-order valence-electron chi connectivity index (χ1n) is 13.7. The molecule has 5 heterocycles. The van der Waals surface area contributed by atoms with Gasteiger partial charge in [-0.3, -0.25) is 14.4 Å². The quantitative estimate of drug-likeness (QED) is 0.395. The molecule has 1 spiro atoms. The zero-order chi connectivity index (χ0) is 27.1. The Morgan fingerprint density at radius 1 is 1.03 bits per heavy atom. The van der Waals surface area contributed by atoms with Crippen LogP contribution < -0.4 is 0 Å². The van der Waals surface area contributed by atoms with Gasteiger partial charge in [0.15, 0.2) is 0 Å². The fourth-order valence-electron chi connectivity index (χ4n) is 6.61. The minimum absolute atomic E-state index is 0.131. The van der Waals surface area contributed by atoms with Crippen LogP contribution in [-0.4, -0.2) is 104 Å². The van der Waals surface area contributed by atoms with Crippen molar-refractivity contribution in [3.8, 4) is 0 Å². The van der Waals surface area contributed by atoms with Crippen molar-refractivity contribution < 1.29 is 24.2 Å². The summed E-state index contributed by atoms with van der Waals surface area (Å²) in [4.78, 5) is 46.9. The average molecular weight is 535 g/mol. The molecule has 0 aliphatic carbocycles. The second kappa shape index (κ2) is 10.2. The molecule has 3 amide bonds. The first-order valence-corrected chi connectivity index (χ1v) is 13.7. The van der Waals surface area contributed by atoms with Gasteiger partial charge in [-0.25, -0.2) is 4.68 Å². The van der Waals surface area contributed by atoms with E-state index in [-0.39, 0.29) is 31.0 Å². The van der Waals surface area contributed by atoms with Crippen LogP contribution >= 0.6 is 0 Å². The molecule has 2 saturated heterocycles. The first-order chi connectivity index (χ1) is 19.0. The molecular formula is C28H34N6O5. The number of aliphatic hydroxyl groups excluding tert-OH is 1. The number of rotatable bonds is 8. The van der Waals surface area contributed by atoms with Gasteiger partial charge in [0.05, 0.1) is 23.5 Å². The summed E-state index contributed by atoms with van der Waals surface area (Å²) in [6.07, 6.45) is 9.98. The van der Waals surface area contributed by atoms with E-state index in [2.05, 4.69) is 10.3 Å². The first kappa shape index (κ1) is 25.7. The van der Waals surface area contributed by atoms with Crippen molar-refractivity contribution in [3.63, 3.8) is 0 Å². The van der Waals surface area contributed by atoms with Gasteiger partial charge in [-0.05, 0) is 25.0 Å². The second-order valence-corrected chi connectivity index (χ2v) is 10.8. The Balaban J connectivity index is 1.35. The highest BCUT2D eigenvalue weighted by molar-refractivity contribution is 5.99. The minimum Gasteiger partial charge on any atom is -0.396 e. The lowest BCUT2D eigenvalue weighted by molar-refractivity contribution is -0.149. The number of para-hydroxylation sites is 1. The summed E-state index contributed by atoms with van der Waals surface area (Å²) in [5.74, 6) is -2.05. The molecule has 11 nitrogen and oxygen atoms in total. The standard InChI is InChI=1S/C28H34N6O5/c1-31-14-8-12-21-22(25(31)36)23-26(37)33(16-6-2-3-7-17-35)24-27(38)32(15-9-13-28(23,24)39-21)18-34-20-11-5-4-10-19(20)29-30-34/h4-5,8-13,21-24,35H,2-3,6-7,14-18H2,1H3/t21-,22+,23-,24?,28-/m0/s1. The van der Waals surface area contributed by atoms with Gasteiger partial charge in [-0.2, -0.15) is 0 Å². The van der Waals surface area contributed by atoms with Crippen LogP contribution in [0.3, 0.4) is 0 Å². The zero-order valence-corrected chi connectivity index (χ0v) is 22.1. The molecule has 6 rings (SSSR count). The number of carbonyl (C=O) groups is 3. The molecule has 0 saturated carbocycles. The number of benzene rings is 1. The molecular weight excluding hydrogens is 500 g/mol. The molecule has 2 fully saturated rings. The van der Waals surface area contributed by atoms with E-state index in [1.807, 2.05) is 48.6 Å². The number of nitrogens with zero attached hydrogens (tertiary/aromatic N) is 6. The highest BCUT2D eigenvalue weighted by atomic mass is 16.5. The summed E-state index contributed by atoms with van der Waals surface area (Å²) in [7, 11) is 1.73. The molecule has 4 aliphatic rings. The van der Waals surface area contributed by atoms with Crippen LogP contribution in [0, 0.1) is 11.8 Å². The van der Waals surface area contributed by atoms with E-state index in [0.717, 1.165) is 23.9 Å². The van der Waals surface area contributed by atoms with Gasteiger partial charge in [0.1, 0.15) is 23.8 Å². The molecule has 0 bridgehead atoms. The van der Waals surface area contributed by atoms with Gasteiger partial charge >= 0.3 is 0 Å². The Labute approximate surface area is 226 Å². The number of hydrogen-bond acceptors (Lipinski definition) is 7. The van der Waals surface area contributed by atoms with Crippen LogP contribution in [0.15, 0.2) is 48.6 Å². The van der Waals surface area contributed by atoms with Crippen molar-refractivity contribution in [2.24, 2.45) is 11.8 Å². The Morgan fingerprint density at radius 3 is 2.69 bits per heavy atom. The summed E-state index contributed by atoms with van der Waals surface area (Å²) >= 11 is 0. The Hall–Kier alpha value is -3.57. The van der Waals surface area contributed by atoms with Gasteiger partial charge < -0.3 is 24.5 Å². The number of unbranched alkanes of at least 4 members (excludes halogenated alkanes) is 3. The summed E-state index contributed by atoms with van der Waals surface area (Å²) in [6, 6.07) is 6.68. The zero-order valence-electron chi connectivity index (χ0n) is 22.1. The van der Waals surface area contributed by atoms with E-state index in [0.29, 0.717) is 32.5 Å². The van der Waals surface area contributed by atoms with Crippen molar-refractivity contribution in [3.05, 3.63) is 48.6 Å². The lowest BCUT2D eigenvalue weighted by Crippen LogP contribution is -2.55. The third kappa shape index (κ3) is 4.15. The topological polar surface area (TPSA) is 121 Å². The maximum Gasteiger partial charge on any atom is 0.250 e. The molecule has 0 radical (unpaired) electrons. The summed E-state index contributed by atoms with van der Waals surface area (Å²) in [5, 5.41) is 17.6. The van der Waals surface area contributed by atoms with Crippen LogP contribution in [0.25, 0.3) is 11.0 Å². The van der Waals surface area contributed by atoms with Gasteiger partial charge in [-0.1, -0.05) is 54.5 Å². The average Bonchev–Trinajstić information content (AvgIpc) is 3.49. The van der Waals surface area contributed by atoms with Crippen molar-refractivity contribution in [1.29, 1.82) is 0 Å². The normalized spacial score (nSPS) is 30.1. The largest absolute Gasteiger partial charge is 0.396 e. The highest BCUT2D eigenvalue weighted by Crippen LogP contribution is 2.53. The number of aliphatic hydroxyl groups is 1. The molecule has 5 atom stereocenters. The maximum absolute atomic E-state index is 14.3. The van der Waals surface area contributed by atoms with Crippen LogP contribution in [0.2, 0.25) is 0 Å². The molecule has 4 aliphatic heterocycles. The van der Waals surface area contributed by atoms with Gasteiger partial charge in [0.2, 0.25) is 11.8 Å².